The molecule has 4 atom stereocenters. The summed E-state index contributed by atoms with van der Waals surface area (Å²) in [7, 11) is -3.55. The van der Waals surface area contributed by atoms with Gasteiger partial charge in [0.2, 0.25) is 10.0 Å². The summed E-state index contributed by atoms with van der Waals surface area (Å²) in [6.07, 6.45) is 2.83. The predicted molar refractivity (Wildman–Crippen MR) is 138 cm³/mol. The first-order valence-corrected chi connectivity index (χ1v) is 14.6. The van der Waals surface area contributed by atoms with Crippen molar-refractivity contribution >= 4 is 27.5 Å². The van der Waals surface area contributed by atoms with Crippen molar-refractivity contribution < 1.29 is 35.6 Å². The van der Waals surface area contributed by atoms with Crippen LogP contribution < -0.4 is 10.0 Å². The van der Waals surface area contributed by atoms with E-state index in [0.29, 0.717) is 31.4 Å². The minimum atomic E-state index is -4.28. The van der Waals surface area contributed by atoms with Gasteiger partial charge in [-0.15, -0.1) is 0 Å². The number of hydrogen-bond donors (Lipinski definition) is 2. The molecule has 2 saturated heterocycles. The third-order valence-electron chi connectivity index (χ3n) is 7.54. The quantitative estimate of drug-likeness (QED) is 0.499. The fraction of sp³-hybridized carbons (Fsp3) is 0.481. The van der Waals surface area contributed by atoms with E-state index in [9.17, 15) is 26.8 Å². The van der Waals surface area contributed by atoms with Crippen LogP contribution in [-0.2, 0) is 20.7 Å². The number of amides is 2. The summed E-state index contributed by atoms with van der Waals surface area (Å²) in [4.78, 5) is 27.0. The summed E-state index contributed by atoms with van der Waals surface area (Å²) < 4.78 is 85.9. The van der Waals surface area contributed by atoms with Crippen molar-refractivity contribution in [1.82, 2.24) is 9.62 Å². The van der Waals surface area contributed by atoms with Gasteiger partial charge in [0.1, 0.15) is 11.6 Å². The molecule has 2 heterocycles. The van der Waals surface area contributed by atoms with E-state index in [-0.39, 0.29) is 41.6 Å². The molecule has 2 N–H and O–H groups in total. The van der Waals surface area contributed by atoms with Gasteiger partial charge in [0.05, 0.1) is 11.8 Å². The number of benzene rings is 2. The number of hydrogen-bond acceptors (Lipinski definition) is 4. The molecule has 7 nitrogen and oxygen atoms in total. The lowest BCUT2D eigenvalue weighted by atomic mass is 9.76. The zero-order valence-corrected chi connectivity index (χ0v) is 22.6. The Kier molecular flexibility index (Phi) is 8.09. The normalized spacial score (nSPS) is 23.7. The molecule has 2 amide bonds. The Balaban J connectivity index is 1.59. The first-order chi connectivity index (χ1) is 18.2. The third-order valence-corrected chi connectivity index (χ3v) is 8.27. The molecular weight excluding hydrogens is 538 g/mol. The van der Waals surface area contributed by atoms with E-state index in [1.54, 1.807) is 0 Å². The second-order valence-corrected chi connectivity index (χ2v) is 12.5. The van der Waals surface area contributed by atoms with Crippen LogP contribution in [0.25, 0.3) is 0 Å². The van der Waals surface area contributed by atoms with Crippen molar-refractivity contribution in [2.75, 3.05) is 18.1 Å². The second kappa shape index (κ2) is 10.9. The average molecular weight is 570 g/mol. The van der Waals surface area contributed by atoms with Gasteiger partial charge in [0.25, 0.3) is 11.8 Å². The molecule has 0 spiro atoms. The lowest BCUT2D eigenvalue weighted by Gasteiger charge is -2.48. The summed E-state index contributed by atoms with van der Waals surface area (Å²) in [6.45, 7) is 3.39. The van der Waals surface area contributed by atoms with Crippen LogP contribution in [0.15, 0.2) is 36.4 Å². The summed E-state index contributed by atoms with van der Waals surface area (Å²) in [5.74, 6) is -8.69. The van der Waals surface area contributed by atoms with Gasteiger partial charge in [-0.2, -0.15) is 8.78 Å². The number of fused-ring (bicyclic) bond motifs is 5. The van der Waals surface area contributed by atoms with E-state index >= 15 is 8.78 Å². The summed E-state index contributed by atoms with van der Waals surface area (Å²) in [5, 5.41) is 2.46. The van der Waals surface area contributed by atoms with Gasteiger partial charge in [-0.3, -0.25) is 9.59 Å². The topological polar surface area (TPSA) is 95.6 Å². The molecule has 2 bridgehead atoms. The maximum absolute atomic E-state index is 15.7. The molecule has 2 aliphatic heterocycles. The molecular formula is C27H31F4N3O4S. The van der Waals surface area contributed by atoms with E-state index in [0.717, 1.165) is 23.3 Å². The Morgan fingerprint density at radius 3 is 2.38 bits per heavy atom. The Hall–Kier alpha value is -2.99. The third kappa shape index (κ3) is 6.43. The van der Waals surface area contributed by atoms with Gasteiger partial charge in [0, 0.05) is 29.9 Å². The molecule has 3 aliphatic rings. The molecule has 212 valence electrons. The number of sulfonamides is 1. The van der Waals surface area contributed by atoms with E-state index in [1.807, 2.05) is 6.92 Å². The van der Waals surface area contributed by atoms with Crippen molar-refractivity contribution in [3.05, 3.63) is 64.7 Å². The lowest BCUT2D eigenvalue weighted by molar-refractivity contribution is -0.166. The molecule has 2 aromatic rings. The number of anilines is 1. The summed E-state index contributed by atoms with van der Waals surface area (Å²) in [5.41, 5.74) is -1.06. The largest absolute Gasteiger partial charge is 0.352 e. The minimum Gasteiger partial charge on any atom is -0.334 e. The first-order valence-electron chi connectivity index (χ1n) is 12.7. The van der Waals surface area contributed by atoms with Crippen LogP contribution >= 0.6 is 0 Å². The molecule has 5 rings (SSSR count). The van der Waals surface area contributed by atoms with Gasteiger partial charge in [0.15, 0.2) is 0 Å². The van der Waals surface area contributed by atoms with Gasteiger partial charge in [-0.25, -0.2) is 21.9 Å². The summed E-state index contributed by atoms with van der Waals surface area (Å²) >= 11 is 0. The molecule has 1 unspecified atom stereocenters. The maximum Gasteiger partial charge on any atom is 0.352 e. The van der Waals surface area contributed by atoms with Gasteiger partial charge >= 0.3 is 5.92 Å². The molecule has 1 aliphatic carbocycles. The highest BCUT2D eigenvalue weighted by Gasteiger charge is 2.51. The zero-order chi connectivity index (χ0) is 28.7. The van der Waals surface area contributed by atoms with Crippen LogP contribution in [0.1, 0.15) is 54.1 Å². The van der Waals surface area contributed by atoms with Crippen LogP contribution in [0.5, 0.6) is 0 Å². The molecule has 0 radical (unpaired) electrons. The Bertz CT molecular complexity index is 1390. The van der Waals surface area contributed by atoms with Gasteiger partial charge in [-0.05, 0) is 86.4 Å². The number of piperidine rings is 1. The lowest BCUT2D eigenvalue weighted by Crippen LogP contribution is -2.60. The number of halogens is 4. The average Bonchev–Trinajstić information content (AvgIpc) is 2.83. The second-order valence-electron chi connectivity index (χ2n) is 10.7. The Morgan fingerprint density at radius 2 is 1.72 bits per heavy atom. The van der Waals surface area contributed by atoms with Crippen molar-refractivity contribution in [3.63, 3.8) is 0 Å². The number of carbonyl (C=O) groups is 2. The SMILES string of the molecule is Cc1cc(NC(=O)c2ccc(F)c(C(F)(F)C(=O)N3CC4C[C@@H](C)CC[C@@H]3C[C@@H]4NS(C)(=O)=O)c2)ccc1F. The minimum absolute atomic E-state index is 0.0949. The van der Waals surface area contributed by atoms with E-state index in [4.69, 9.17) is 0 Å². The predicted octanol–water partition coefficient (Wildman–Crippen LogP) is 4.57. The highest BCUT2D eigenvalue weighted by molar-refractivity contribution is 7.88. The Morgan fingerprint density at radius 1 is 1.03 bits per heavy atom. The van der Waals surface area contributed by atoms with Gasteiger partial charge in [-0.1, -0.05) is 6.92 Å². The van der Waals surface area contributed by atoms with Crippen LogP contribution in [0.3, 0.4) is 0 Å². The molecule has 12 heteroatoms. The monoisotopic (exact) mass is 569 g/mol. The summed E-state index contributed by atoms with van der Waals surface area (Å²) in [6, 6.07) is 5.02. The molecule has 2 aromatic carbocycles. The number of aryl methyl sites for hydroxylation is 1. The van der Waals surface area contributed by atoms with E-state index < -0.39 is 57.0 Å². The number of rotatable bonds is 6. The number of nitrogens with one attached hydrogen (secondary N) is 2. The fourth-order valence-corrected chi connectivity index (χ4v) is 6.40. The van der Waals surface area contributed by atoms with Crippen LogP contribution in [0.4, 0.5) is 23.2 Å². The molecule has 1 saturated carbocycles. The van der Waals surface area contributed by atoms with Crippen molar-refractivity contribution in [2.24, 2.45) is 11.8 Å². The number of carbonyl (C=O) groups excluding carboxylic acids is 2. The first kappa shape index (κ1) is 29.0. The van der Waals surface area contributed by atoms with Crippen LogP contribution in [-0.4, -0.2) is 50.0 Å². The Labute approximate surface area is 225 Å². The number of nitrogens with zero attached hydrogens (tertiary/aromatic N) is 1. The number of alkyl halides is 2. The maximum atomic E-state index is 15.7. The van der Waals surface area contributed by atoms with Crippen LogP contribution in [0, 0.1) is 30.4 Å². The zero-order valence-electron chi connectivity index (χ0n) is 21.8. The highest BCUT2D eigenvalue weighted by Crippen LogP contribution is 2.40. The molecule has 3 fully saturated rings. The molecule has 39 heavy (non-hydrogen) atoms. The van der Waals surface area contributed by atoms with E-state index in [2.05, 4.69) is 10.0 Å². The van der Waals surface area contributed by atoms with Crippen molar-refractivity contribution in [1.29, 1.82) is 0 Å². The highest BCUT2D eigenvalue weighted by atomic mass is 32.2. The van der Waals surface area contributed by atoms with Gasteiger partial charge < -0.3 is 10.2 Å². The fourth-order valence-electron chi connectivity index (χ4n) is 5.56. The van der Waals surface area contributed by atoms with Crippen LogP contribution in [0.2, 0.25) is 0 Å². The standard InChI is InChI=1S/C27H31F4N3O4S/c1-15-4-7-20-13-24(33-39(3,37)38)18(10-15)14-34(20)26(36)27(30,31)21-12-17(5-8-23(21)29)25(35)32-19-6-9-22(28)16(2)11-19/h5-6,8-9,11-12,15,18,20,24,33H,4,7,10,13-14H2,1-3H3,(H,32,35)/t15-,18?,20+,24-/m0/s1. The van der Waals surface area contributed by atoms with Crippen molar-refractivity contribution in [2.45, 2.75) is 57.5 Å². The van der Waals surface area contributed by atoms with Crippen molar-refractivity contribution in [3.8, 4) is 0 Å². The molecule has 0 aromatic heterocycles. The van der Waals surface area contributed by atoms with E-state index in [1.165, 1.54) is 19.1 Å². The smallest absolute Gasteiger partial charge is 0.334 e.